The lowest BCUT2D eigenvalue weighted by Gasteiger charge is -2.05. The van der Waals surface area contributed by atoms with E-state index >= 15 is 0 Å². The molecular formula is C18H28O. The number of ether oxygens (including phenoxy) is 1. The van der Waals surface area contributed by atoms with Gasteiger partial charge in [0, 0.05) is 0 Å². The molecule has 1 nitrogen and oxygen atoms in total. The van der Waals surface area contributed by atoms with Gasteiger partial charge in [0.25, 0.3) is 0 Å². The van der Waals surface area contributed by atoms with Gasteiger partial charge in [-0.25, -0.2) is 0 Å². The third kappa shape index (κ3) is 7.71. The molecule has 0 unspecified atom stereocenters. The molecule has 0 saturated heterocycles. The minimum absolute atomic E-state index is 0.741. The predicted octanol–water partition coefficient (Wildman–Crippen LogP) is 5.54. The van der Waals surface area contributed by atoms with Gasteiger partial charge >= 0.3 is 0 Å². The minimum Gasteiger partial charge on any atom is -0.494 e. The lowest BCUT2D eigenvalue weighted by Crippen LogP contribution is -1.92. The third-order valence-corrected chi connectivity index (χ3v) is 3.36. The summed E-state index contributed by atoms with van der Waals surface area (Å²) in [4.78, 5) is 0. The van der Waals surface area contributed by atoms with Crippen LogP contribution in [-0.2, 0) is 6.42 Å². The number of aryl methyl sites for hydroxylation is 1. The van der Waals surface area contributed by atoms with Crippen molar-refractivity contribution in [3.05, 3.63) is 42.5 Å². The topological polar surface area (TPSA) is 9.23 Å². The van der Waals surface area contributed by atoms with E-state index in [1.807, 2.05) is 13.0 Å². The second-order valence-corrected chi connectivity index (χ2v) is 5.03. The van der Waals surface area contributed by atoms with E-state index in [0.717, 1.165) is 12.4 Å². The van der Waals surface area contributed by atoms with Gasteiger partial charge < -0.3 is 4.74 Å². The number of unbranched alkanes of at least 4 members (excludes halogenated alkanes) is 6. The number of allylic oxidation sites excluding steroid dienone is 1. The van der Waals surface area contributed by atoms with E-state index in [9.17, 15) is 0 Å². The molecule has 0 aromatic heterocycles. The molecule has 0 heterocycles. The van der Waals surface area contributed by atoms with Crippen LogP contribution in [0.15, 0.2) is 36.9 Å². The maximum absolute atomic E-state index is 5.44. The Balaban J connectivity index is 2.04. The van der Waals surface area contributed by atoms with Crippen LogP contribution in [-0.4, -0.2) is 6.61 Å². The molecule has 0 atom stereocenters. The Labute approximate surface area is 118 Å². The molecule has 0 aliphatic rings. The molecule has 0 radical (unpaired) electrons. The lowest BCUT2D eigenvalue weighted by molar-refractivity contribution is 0.340. The molecule has 0 spiro atoms. The van der Waals surface area contributed by atoms with Gasteiger partial charge in [0.2, 0.25) is 0 Å². The zero-order valence-corrected chi connectivity index (χ0v) is 12.4. The first-order chi connectivity index (χ1) is 9.36. The van der Waals surface area contributed by atoms with Crippen LogP contribution in [0.5, 0.6) is 5.75 Å². The van der Waals surface area contributed by atoms with Gasteiger partial charge in [0.1, 0.15) is 5.75 Å². The standard InChI is InChI=1S/C18H28O/c1-3-5-6-7-8-9-10-11-12-17-13-15-18(16-14-17)19-4-2/h3,13-16H,1,4-12H2,2H3. The van der Waals surface area contributed by atoms with Crippen LogP contribution in [0.4, 0.5) is 0 Å². The molecule has 0 fully saturated rings. The number of hydrogen-bond acceptors (Lipinski definition) is 1. The maximum Gasteiger partial charge on any atom is 0.119 e. The monoisotopic (exact) mass is 260 g/mol. The van der Waals surface area contributed by atoms with E-state index in [0.29, 0.717) is 0 Å². The molecule has 0 bridgehead atoms. The minimum atomic E-state index is 0.741. The normalized spacial score (nSPS) is 10.4. The Kier molecular flexibility index (Phi) is 8.87. The molecule has 0 amide bonds. The van der Waals surface area contributed by atoms with Crippen LogP contribution >= 0.6 is 0 Å². The molecule has 1 rings (SSSR count). The highest BCUT2D eigenvalue weighted by Gasteiger charge is 1.96. The van der Waals surface area contributed by atoms with Gasteiger partial charge in [0.15, 0.2) is 0 Å². The Bertz CT molecular complexity index is 326. The number of benzene rings is 1. The SMILES string of the molecule is C=CCCCCCCCCc1ccc(OCC)cc1. The molecule has 0 aliphatic carbocycles. The molecule has 1 aromatic rings. The summed E-state index contributed by atoms with van der Waals surface area (Å²) in [5.74, 6) is 0.980. The molecule has 19 heavy (non-hydrogen) atoms. The highest BCUT2D eigenvalue weighted by molar-refractivity contribution is 5.27. The van der Waals surface area contributed by atoms with Gasteiger partial charge in [-0.2, -0.15) is 0 Å². The van der Waals surface area contributed by atoms with E-state index in [1.54, 1.807) is 0 Å². The molecule has 1 aromatic carbocycles. The summed E-state index contributed by atoms with van der Waals surface area (Å²) in [5.41, 5.74) is 1.43. The van der Waals surface area contributed by atoms with Crippen molar-refractivity contribution in [3.63, 3.8) is 0 Å². The van der Waals surface area contributed by atoms with Crippen molar-refractivity contribution in [1.29, 1.82) is 0 Å². The Morgan fingerprint density at radius 3 is 2.21 bits per heavy atom. The molecule has 0 N–H and O–H groups in total. The van der Waals surface area contributed by atoms with Crippen molar-refractivity contribution in [3.8, 4) is 5.75 Å². The van der Waals surface area contributed by atoms with Gasteiger partial charge in [-0.3, -0.25) is 0 Å². The van der Waals surface area contributed by atoms with Crippen molar-refractivity contribution in [2.24, 2.45) is 0 Å². The van der Waals surface area contributed by atoms with E-state index in [1.165, 1.54) is 56.9 Å². The van der Waals surface area contributed by atoms with E-state index in [4.69, 9.17) is 4.74 Å². The van der Waals surface area contributed by atoms with Crippen molar-refractivity contribution >= 4 is 0 Å². The Hall–Kier alpha value is -1.24. The van der Waals surface area contributed by atoms with Crippen LogP contribution in [0.3, 0.4) is 0 Å². The second-order valence-electron chi connectivity index (χ2n) is 5.03. The van der Waals surface area contributed by atoms with Crippen LogP contribution in [0.25, 0.3) is 0 Å². The highest BCUT2D eigenvalue weighted by atomic mass is 16.5. The largest absolute Gasteiger partial charge is 0.494 e. The predicted molar refractivity (Wildman–Crippen MR) is 83.8 cm³/mol. The van der Waals surface area contributed by atoms with Gasteiger partial charge in [-0.1, -0.05) is 43.9 Å². The summed E-state index contributed by atoms with van der Waals surface area (Å²) in [6.45, 7) is 6.51. The van der Waals surface area contributed by atoms with Crippen molar-refractivity contribution in [2.75, 3.05) is 6.61 Å². The van der Waals surface area contributed by atoms with Crippen molar-refractivity contribution in [1.82, 2.24) is 0 Å². The molecular weight excluding hydrogens is 232 g/mol. The van der Waals surface area contributed by atoms with E-state index in [2.05, 4.69) is 30.8 Å². The van der Waals surface area contributed by atoms with Crippen LogP contribution in [0.2, 0.25) is 0 Å². The second kappa shape index (κ2) is 10.7. The number of hydrogen-bond donors (Lipinski definition) is 0. The fourth-order valence-corrected chi connectivity index (χ4v) is 2.24. The summed E-state index contributed by atoms with van der Waals surface area (Å²) >= 11 is 0. The first-order valence-corrected chi connectivity index (χ1v) is 7.69. The fourth-order valence-electron chi connectivity index (χ4n) is 2.24. The Morgan fingerprint density at radius 1 is 0.947 bits per heavy atom. The van der Waals surface area contributed by atoms with Crippen molar-refractivity contribution in [2.45, 2.75) is 58.3 Å². The summed E-state index contributed by atoms with van der Waals surface area (Å²) in [6.07, 6.45) is 12.4. The van der Waals surface area contributed by atoms with E-state index < -0.39 is 0 Å². The molecule has 106 valence electrons. The van der Waals surface area contributed by atoms with Crippen molar-refractivity contribution < 1.29 is 4.74 Å². The van der Waals surface area contributed by atoms with Gasteiger partial charge in [0.05, 0.1) is 6.61 Å². The van der Waals surface area contributed by atoms with Crippen LogP contribution in [0.1, 0.15) is 57.4 Å². The average molecular weight is 260 g/mol. The summed E-state index contributed by atoms with van der Waals surface area (Å²) in [6, 6.07) is 8.53. The average Bonchev–Trinajstić information content (AvgIpc) is 2.44. The van der Waals surface area contributed by atoms with Crippen LogP contribution in [0, 0.1) is 0 Å². The highest BCUT2D eigenvalue weighted by Crippen LogP contribution is 2.15. The lowest BCUT2D eigenvalue weighted by atomic mass is 10.0. The molecule has 0 saturated carbocycles. The first-order valence-electron chi connectivity index (χ1n) is 7.69. The zero-order valence-electron chi connectivity index (χ0n) is 12.4. The summed E-state index contributed by atoms with van der Waals surface area (Å²) < 4.78 is 5.44. The smallest absolute Gasteiger partial charge is 0.119 e. The number of rotatable bonds is 11. The first kappa shape index (κ1) is 15.8. The molecule has 0 aliphatic heterocycles. The summed E-state index contributed by atoms with van der Waals surface area (Å²) in [5, 5.41) is 0. The Morgan fingerprint density at radius 2 is 1.58 bits per heavy atom. The van der Waals surface area contributed by atoms with Gasteiger partial charge in [-0.05, 0) is 50.3 Å². The van der Waals surface area contributed by atoms with E-state index in [-0.39, 0.29) is 0 Å². The maximum atomic E-state index is 5.44. The van der Waals surface area contributed by atoms with Crippen LogP contribution < -0.4 is 4.74 Å². The summed E-state index contributed by atoms with van der Waals surface area (Å²) in [7, 11) is 0. The van der Waals surface area contributed by atoms with Gasteiger partial charge in [-0.15, -0.1) is 6.58 Å². The zero-order chi connectivity index (χ0) is 13.8. The molecule has 1 heteroatoms. The fraction of sp³-hybridized carbons (Fsp3) is 0.556. The third-order valence-electron chi connectivity index (χ3n) is 3.36. The quantitative estimate of drug-likeness (QED) is 0.374.